The third-order valence-electron chi connectivity index (χ3n) is 2.38. The fourth-order valence-corrected chi connectivity index (χ4v) is 1.58. The molecular formula is C13H15N3O. The van der Waals surface area contributed by atoms with Gasteiger partial charge in [0.15, 0.2) is 0 Å². The van der Waals surface area contributed by atoms with E-state index in [0.717, 1.165) is 23.5 Å². The average molecular weight is 229 g/mol. The van der Waals surface area contributed by atoms with Crippen molar-refractivity contribution in [1.29, 1.82) is 0 Å². The van der Waals surface area contributed by atoms with E-state index in [2.05, 4.69) is 22.2 Å². The fraction of sp³-hybridized carbons (Fsp3) is 0.231. The highest BCUT2D eigenvalue weighted by atomic mass is 16.5. The van der Waals surface area contributed by atoms with Crippen LogP contribution in [-0.4, -0.2) is 23.6 Å². The van der Waals surface area contributed by atoms with Crippen molar-refractivity contribution in [3.05, 3.63) is 36.7 Å². The summed E-state index contributed by atoms with van der Waals surface area (Å²) >= 11 is 0. The van der Waals surface area contributed by atoms with Crippen LogP contribution in [0.4, 0.5) is 5.69 Å². The van der Waals surface area contributed by atoms with Gasteiger partial charge in [0.2, 0.25) is 5.88 Å². The second-order valence-electron chi connectivity index (χ2n) is 3.55. The van der Waals surface area contributed by atoms with Crippen LogP contribution in [0.25, 0.3) is 11.3 Å². The van der Waals surface area contributed by atoms with Gasteiger partial charge in [-0.05, 0) is 25.1 Å². The molecule has 0 unspecified atom stereocenters. The monoisotopic (exact) mass is 229 g/mol. The second kappa shape index (κ2) is 5.30. The number of nitrogens with one attached hydrogen (secondary N) is 1. The topological polar surface area (TPSA) is 47.0 Å². The van der Waals surface area contributed by atoms with Gasteiger partial charge in [0.1, 0.15) is 0 Å². The van der Waals surface area contributed by atoms with E-state index >= 15 is 0 Å². The van der Waals surface area contributed by atoms with Crippen LogP contribution in [0, 0.1) is 0 Å². The van der Waals surface area contributed by atoms with Crippen LogP contribution in [0.2, 0.25) is 0 Å². The lowest BCUT2D eigenvalue weighted by Gasteiger charge is -2.06. The molecule has 0 saturated carbocycles. The molecule has 2 aromatic heterocycles. The summed E-state index contributed by atoms with van der Waals surface area (Å²) in [5.41, 5.74) is 2.97. The van der Waals surface area contributed by atoms with Gasteiger partial charge in [0.25, 0.3) is 0 Å². The molecule has 1 N–H and O–H groups in total. The lowest BCUT2D eigenvalue weighted by atomic mass is 10.1. The van der Waals surface area contributed by atoms with Gasteiger partial charge >= 0.3 is 0 Å². The minimum atomic E-state index is 0.596. The van der Waals surface area contributed by atoms with Crippen molar-refractivity contribution in [2.75, 3.05) is 19.0 Å². The van der Waals surface area contributed by atoms with E-state index in [1.54, 1.807) is 19.5 Å². The third-order valence-corrected chi connectivity index (χ3v) is 2.38. The molecule has 0 aromatic carbocycles. The highest BCUT2D eigenvalue weighted by Crippen LogP contribution is 2.22. The summed E-state index contributed by atoms with van der Waals surface area (Å²) < 4.78 is 5.10. The lowest BCUT2D eigenvalue weighted by Crippen LogP contribution is -1.97. The minimum absolute atomic E-state index is 0.596. The summed E-state index contributed by atoms with van der Waals surface area (Å²) in [4.78, 5) is 8.42. The van der Waals surface area contributed by atoms with Crippen molar-refractivity contribution in [3.63, 3.8) is 0 Å². The van der Waals surface area contributed by atoms with Gasteiger partial charge in [-0.25, -0.2) is 4.98 Å². The molecule has 17 heavy (non-hydrogen) atoms. The molecule has 2 heterocycles. The number of methoxy groups -OCH3 is 1. The number of rotatable bonds is 4. The first-order chi connectivity index (χ1) is 8.33. The van der Waals surface area contributed by atoms with E-state index < -0.39 is 0 Å². The first-order valence-electron chi connectivity index (χ1n) is 5.54. The highest BCUT2D eigenvalue weighted by molar-refractivity contribution is 5.64. The summed E-state index contributed by atoms with van der Waals surface area (Å²) in [7, 11) is 1.61. The van der Waals surface area contributed by atoms with Crippen molar-refractivity contribution in [3.8, 4) is 17.1 Å². The molecule has 4 heteroatoms. The van der Waals surface area contributed by atoms with E-state index in [1.807, 2.05) is 24.3 Å². The van der Waals surface area contributed by atoms with Crippen LogP contribution in [0.5, 0.6) is 5.88 Å². The number of ether oxygens (including phenoxy) is 1. The Morgan fingerprint density at radius 1 is 1.18 bits per heavy atom. The Balaban J connectivity index is 2.34. The predicted octanol–water partition coefficient (Wildman–Crippen LogP) is 2.58. The summed E-state index contributed by atoms with van der Waals surface area (Å²) in [6, 6.07) is 7.75. The maximum atomic E-state index is 5.10. The first kappa shape index (κ1) is 11.4. The summed E-state index contributed by atoms with van der Waals surface area (Å²) in [5, 5.41) is 3.26. The van der Waals surface area contributed by atoms with Gasteiger partial charge in [0.05, 0.1) is 12.8 Å². The molecule has 2 rings (SSSR count). The van der Waals surface area contributed by atoms with E-state index in [4.69, 9.17) is 4.74 Å². The Bertz CT molecular complexity index is 500. The number of hydrogen-bond acceptors (Lipinski definition) is 4. The molecule has 0 amide bonds. The molecule has 0 aliphatic rings. The molecule has 0 radical (unpaired) electrons. The number of aromatic nitrogens is 2. The Hall–Kier alpha value is -2.10. The summed E-state index contributed by atoms with van der Waals surface area (Å²) in [5.74, 6) is 0.596. The third kappa shape index (κ3) is 2.72. The van der Waals surface area contributed by atoms with Crippen LogP contribution >= 0.6 is 0 Å². The van der Waals surface area contributed by atoms with E-state index in [1.165, 1.54) is 0 Å². The average Bonchev–Trinajstić information content (AvgIpc) is 2.40. The van der Waals surface area contributed by atoms with E-state index in [9.17, 15) is 0 Å². The molecule has 4 nitrogen and oxygen atoms in total. The SMILES string of the molecule is CCNc1ccnc(-c2ccnc(OC)c2)c1. The smallest absolute Gasteiger partial charge is 0.213 e. The Morgan fingerprint density at radius 3 is 2.76 bits per heavy atom. The fourth-order valence-electron chi connectivity index (χ4n) is 1.58. The first-order valence-corrected chi connectivity index (χ1v) is 5.54. The number of pyridine rings is 2. The standard InChI is InChI=1S/C13H15N3O/c1-3-14-11-5-7-15-12(9-11)10-4-6-16-13(8-10)17-2/h4-9H,3H2,1-2H3,(H,14,15). The largest absolute Gasteiger partial charge is 0.481 e. The molecular weight excluding hydrogens is 214 g/mol. The molecule has 0 bridgehead atoms. The zero-order chi connectivity index (χ0) is 12.1. The predicted molar refractivity (Wildman–Crippen MR) is 68.2 cm³/mol. The van der Waals surface area contributed by atoms with Gasteiger partial charge < -0.3 is 10.1 Å². The van der Waals surface area contributed by atoms with Crippen LogP contribution in [0.1, 0.15) is 6.92 Å². The summed E-state index contributed by atoms with van der Waals surface area (Å²) in [6.07, 6.45) is 3.51. The maximum Gasteiger partial charge on any atom is 0.213 e. The molecule has 0 spiro atoms. The normalized spacial score (nSPS) is 10.0. The van der Waals surface area contributed by atoms with Crippen LogP contribution < -0.4 is 10.1 Å². The van der Waals surface area contributed by atoms with Crippen molar-refractivity contribution < 1.29 is 4.74 Å². The van der Waals surface area contributed by atoms with Crippen LogP contribution in [-0.2, 0) is 0 Å². The van der Waals surface area contributed by atoms with Crippen molar-refractivity contribution in [2.45, 2.75) is 6.92 Å². The second-order valence-corrected chi connectivity index (χ2v) is 3.55. The van der Waals surface area contributed by atoms with E-state index in [0.29, 0.717) is 5.88 Å². The number of anilines is 1. The van der Waals surface area contributed by atoms with Crippen LogP contribution in [0.15, 0.2) is 36.7 Å². The molecule has 0 aliphatic carbocycles. The zero-order valence-electron chi connectivity index (χ0n) is 9.97. The van der Waals surface area contributed by atoms with Gasteiger partial charge in [-0.1, -0.05) is 0 Å². The molecule has 0 saturated heterocycles. The molecule has 2 aromatic rings. The molecule has 88 valence electrons. The van der Waals surface area contributed by atoms with Gasteiger partial charge in [-0.3, -0.25) is 4.98 Å². The van der Waals surface area contributed by atoms with Gasteiger partial charge in [-0.15, -0.1) is 0 Å². The van der Waals surface area contributed by atoms with Gasteiger partial charge in [0, 0.05) is 36.3 Å². The minimum Gasteiger partial charge on any atom is -0.481 e. The summed E-state index contributed by atoms with van der Waals surface area (Å²) in [6.45, 7) is 2.96. The zero-order valence-corrected chi connectivity index (χ0v) is 9.97. The number of hydrogen-bond donors (Lipinski definition) is 1. The Labute approximate surface area is 101 Å². The number of nitrogens with zero attached hydrogens (tertiary/aromatic N) is 2. The Morgan fingerprint density at radius 2 is 2.00 bits per heavy atom. The van der Waals surface area contributed by atoms with Crippen molar-refractivity contribution >= 4 is 5.69 Å². The molecule has 0 atom stereocenters. The van der Waals surface area contributed by atoms with Crippen LogP contribution in [0.3, 0.4) is 0 Å². The molecule has 0 aliphatic heterocycles. The lowest BCUT2D eigenvalue weighted by molar-refractivity contribution is 0.398. The highest BCUT2D eigenvalue weighted by Gasteiger charge is 2.02. The van der Waals surface area contributed by atoms with Gasteiger partial charge in [-0.2, -0.15) is 0 Å². The molecule has 0 fully saturated rings. The quantitative estimate of drug-likeness (QED) is 0.875. The Kier molecular flexibility index (Phi) is 3.55. The van der Waals surface area contributed by atoms with Crippen molar-refractivity contribution in [1.82, 2.24) is 9.97 Å². The maximum absolute atomic E-state index is 5.10. The van der Waals surface area contributed by atoms with E-state index in [-0.39, 0.29) is 0 Å². The van der Waals surface area contributed by atoms with Crippen molar-refractivity contribution in [2.24, 2.45) is 0 Å².